The molecule has 0 amide bonds. The first kappa shape index (κ1) is 13.7. The van der Waals surface area contributed by atoms with Gasteiger partial charge in [0, 0.05) is 17.6 Å². The van der Waals surface area contributed by atoms with E-state index in [2.05, 4.69) is 5.32 Å². The molecule has 0 aliphatic rings. The molecule has 0 heterocycles. The maximum atomic E-state index is 13.7. The Morgan fingerprint density at radius 2 is 1.58 bits per heavy atom. The van der Waals surface area contributed by atoms with Gasteiger partial charge in [-0.2, -0.15) is 0 Å². The SMILES string of the molecule is CC(N[C@H](C)c1ccccc1)c1cc(F)ccc1F. The highest BCUT2D eigenvalue weighted by atomic mass is 19.1. The summed E-state index contributed by atoms with van der Waals surface area (Å²) in [7, 11) is 0. The Balaban J connectivity index is 2.13. The van der Waals surface area contributed by atoms with Crippen LogP contribution in [0.25, 0.3) is 0 Å². The first-order valence-electron chi connectivity index (χ1n) is 6.34. The van der Waals surface area contributed by atoms with Crippen LogP contribution in [0.5, 0.6) is 0 Å². The molecule has 0 spiro atoms. The molecule has 3 heteroatoms. The van der Waals surface area contributed by atoms with Crippen LogP contribution in [-0.4, -0.2) is 0 Å². The molecule has 100 valence electrons. The van der Waals surface area contributed by atoms with Gasteiger partial charge in [-0.15, -0.1) is 0 Å². The van der Waals surface area contributed by atoms with Crippen molar-refractivity contribution in [3.63, 3.8) is 0 Å². The van der Waals surface area contributed by atoms with Crippen molar-refractivity contribution in [1.29, 1.82) is 0 Å². The molecule has 0 fully saturated rings. The number of halogens is 2. The maximum absolute atomic E-state index is 13.7. The molecule has 0 aliphatic heterocycles. The van der Waals surface area contributed by atoms with Crippen LogP contribution in [0.2, 0.25) is 0 Å². The van der Waals surface area contributed by atoms with E-state index in [4.69, 9.17) is 0 Å². The van der Waals surface area contributed by atoms with E-state index >= 15 is 0 Å². The third kappa shape index (κ3) is 3.38. The van der Waals surface area contributed by atoms with Crippen molar-refractivity contribution in [2.24, 2.45) is 0 Å². The second-order valence-electron chi connectivity index (χ2n) is 4.69. The number of rotatable bonds is 4. The van der Waals surface area contributed by atoms with Crippen molar-refractivity contribution < 1.29 is 8.78 Å². The van der Waals surface area contributed by atoms with Gasteiger partial charge in [0.1, 0.15) is 11.6 Å². The average molecular weight is 261 g/mol. The van der Waals surface area contributed by atoms with E-state index in [9.17, 15) is 8.78 Å². The van der Waals surface area contributed by atoms with Crippen molar-refractivity contribution >= 4 is 0 Å². The molecular weight excluding hydrogens is 244 g/mol. The van der Waals surface area contributed by atoms with Crippen LogP contribution in [0.4, 0.5) is 8.78 Å². The quantitative estimate of drug-likeness (QED) is 0.861. The van der Waals surface area contributed by atoms with Crippen molar-refractivity contribution in [3.05, 3.63) is 71.3 Å². The van der Waals surface area contributed by atoms with Gasteiger partial charge in [-0.3, -0.25) is 0 Å². The molecule has 2 atom stereocenters. The van der Waals surface area contributed by atoms with Crippen LogP contribution in [0.1, 0.15) is 37.1 Å². The van der Waals surface area contributed by atoms with Crippen molar-refractivity contribution in [1.82, 2.24) is 5.32 Å². The lowest BCUT2D eigenvalue weighted by molar-refractivity contribution is 0.470. The summed E-state index contributed by atoms with van der Waals surface area (Å²) in [6.07, 6.45) is 0. The predicted octanol–water partition coefficient (Wildman–Crippen LogP) is 4.38. The minimum absolute atomic E-state index is 0.0684. The van der Waals surface area contributed by atoms with Crippen LogP contribution in [0.3, 0.4) is 0 Å². The van der Waals surface area contributed by atoms with E-state index < -0.39 is 5.82 Å². The van der Waals surface area contributed by atoms with Crippen LogP contribution in [-0.2, 0) is 0 Å². The van der Waals surface area contributed by atoms with Crippen molar-refractivity contribution in [2.45, 2.75) is 25.9 Å². The third-order valence-electron chi connectivity index (χ3n) is 3.22. The zero-order chi connectivity index (χ0) is 13.8. The second kappa shape index (κ2) is 5.93. The van der Waals surface area contributed by atoms with Crippen molar-refractivity contribution in [3.8, 4) is 0 Å². The normalized spacial score (nSPS) is 14.1. The van der Waals surface area contributed by atoms with Crippen molar-refractivity contribution in [2.75, 3.05) is 0 Å². The lowest BCUT2D eigenvalue weighted by Crippen LogP contribution is -2.23. The van der Waals surface area contributed by atoms with E-state index in [0.29, 0.717) is 5.56 Å². The predicted molar refractivity (Wildman–Crippen MR) is 72.8 cm³/mol. The number of hydrogen-bond donors (Lipinski definition) is 1. The Morgan fingerprint density at radius 1 is 0.895 bits per heavy atom. The molecule has 0 saturated carbocycles. The minimum atomic E-state index is -0.419. The number of hydrogen-bond acceptors (Lipinski definition) is 1. The average Bonchev–Trinajstić information content (AvgIpc) is 2.42. The maximum Gasteiger partial charge on any atom is 0.128 e. The molecule has 1 nitrogen and oxygen atoms in total. The fraction of sp³-hybridized carbons (Fsp3) is 0.250. The Bertz CT molecular complexity index is 540. The first-order valence-corrected chi connectivity index (χ1v) is 6.34. The summed E-state index contributed by atoms with van der Waals surface area (Å²) in [4.78, 5) is 0. The summed E-state index contributed by atoms with van der Waals surface area (Å²) in [5.74, 6) is -0.806. The first-order chi connectivity index (χ1) is 9.08. The van der Waals surface area contributed by atoms with Gasteiger partial charge in [-0.25, -0.2) is 8.78 Å². The molecule has 0 aliphatic carbocycles. The standard InChI is InChI=1S/C16H17F2N/c1-11(13-6-4-3-5-7-13)19-12(2)15-10-14(17)8-9-16(15)18/h3-12,19H,1-2H3/t11-,12?/m1/s1. The van der Waals surface area contributed by atoms with Crippen LogP contribution < -0.4 is 5.32 Å². The molecule has 0 aromatic heterocycles. The molecular formula is C16H17F2N. The molecule has 2 aromatic rings. The zero-order valence-corrected chi connectivity index (χ0v) is 11.0. The van der Waals surface area contributed by atoms with E-state index in [-0.39, 0.29) is 17.9 Å². The van der Waals surface area contributed by atoms with Gasteiger partial charge in [-0.1, -0.05) is 30.3 Å². The number of benzene rings is 2. The Hall–Kier alpha value is -1.74. The Labute approximate surface area is 112 Å². The lowest BCUT2D eigenvalue weighted by atomic mass is 10.0. The van der Waals surface area contributed by atoms with Gasteiger partial charge < -0.3 is 5.32 Å². The largest absolute Gasteiger partial charge is 0.304 e. The van der Waals surface area contributed by atoms with Gasteiger partial charge in [-0.05, 0) is 37.6 Å². The van der Waals surface area contributed by atoms with Gasteiger partial charge >= 0.3 is 0 Å². The topological polar surface area (TPSA) is 12.0 Å². The Morgan fingerprint density at radius 3 is 2.26 bits per heavy atom. The monoisotopic (exact) mass is 261 g/mol. The smallest absolute Gasteiger partial charge is 0.128 e. The van der Waals surface area contributed by atoms with Crippen LogP contribution >= 0.6 is 0 Å². The molecule has 2 aromatic carbocycles. The van der Waals surface area contributed by atoms with Gasteiger partial charge in [0.15, 0.2) is 0 Å². The van der Waals surface area contributed by atoms with E-state index in [1.807, 2.05) is 44.2 Å². The van der Waals surface area contributed by atoms with Gasteiger partial charge in [0.05, 0.1) is 0 Å². The molecule has 19 heavy (non-hydrogen) atoms. The highest BCUT2D eigenvalue weighted by Gasteiger charge is 2.15. The fourth-order valence-corrected chi connectivity index (χ4v) is 2.15. The number of nitrogens with one attached hydrogen (secondary N) is 1. The molecule has 1 unspecified atom stereocenters. The summed E-state index contributed by atoms with van der Waals surface area (Å²) in [5.41, 5.74) is 1.47. The molecule has 0 radical (unpaired) electrons. The van der Waals surface area contributed by atoms with Crippen LogP contribution in [0.15, 0.2) is 48.5 Å². The summed E-state index contributed by atoms with van der Waals surface area (Å²) in [6, 6.07) is 13.2. The molecule has 2 rings (SSSR count). The van der Waals surface area contributed by atoms with E-state index in [1.165, 1.54) is 6.07 Å². The fourth-order valence-electron chi connectivity index (χ4n) is 2.15. The molecule has 0 bridgehead atoms. The molecule has 1 N–H and O–H groups in total. The summed E-state index contributed by atoms with van der Waals surface area (Å²) in [5, 5.41) is 3.27. The van der Waals surface area contributed by atoms with E-state index in [0.717, 1.165) is 17.7 Å². The highest BCUT2D eigenvalue weighted by Crippen LogP contribution is 2.22. The Kier molecular flexibility index (Phi) is 4.27. The summed E-state index contributed by atoms with van der Waals surface area (Å²) < 4.78 is 26.8. The van der Waals surface area contributed by atoms with E-state index in [1.54, 1.807) is 0 Å². The molecule has 0 saturated heterocycles. The van der Waals surface area contributed by atoms with Crippen LogP contribution in [0, 0.1) is 11.6 Å². The van der Waals surface area contributed by atoms with Gasteiger partial charge in [0.2, 0.25) is 0 Å². The summed E-state index contributed by atoms with van der Waals surface area (Å²) >= 11 is 0. The highest BCUT2D eigenvalue weighted by molar-refractivity contribution is 5.23. The summed E-state index contributed by atoms with van der Waals surface area (Å²) in [6.45, 7) is 3.83. The minimum Gasteiger partial charge on any atom is -0.304 e. The van der Waals surface area contributed by atoms with Gasteiger partial charge in [0.25, 0.3) is 0 Å². The zero-order valence-electron chi connectivity index (χ0n) is 11.0. The third-order valence-corrected chi connectivity index (χ3v) is 3.22. The lowest BCUT2D eigenvalue weighted by Gasteiger charge is -2.21. The second-order valence-corrected chi connectivity index (χ2v) is 4.69.